The quantitative estimate of drug-likeness (QED) is 0.718. The van der Waals surface area contributed by atoms with Gasteiger partial charge in [0.15, 0.2) is 0 Å². The summed E-state index contributed by atoms with van der Waals surface area (Å²) in [6.07, 6.45) is 13.4. The van der Waals surface area contributed by atoms with Crippen molar-refractivity contribution in [2.75, 3.05) is 26.7 Å². The number of nitrogens with zero attached hydrogens (tertiary/aromatic N) is 4. The molecule has 1 saturated heterocycles. The first-order chi connectivity index (χ1) is 14.3. The van der Waals surface area contributed by atoms with E-state index < -0.39 is 0 Å². The second-order valence-electron chi connectivity index (χ2n) is 9.57. The second-order valence-corrected chi connectivity index (χ2v) is 9.57. The molecule has 3 aliphatic rings. The first-order valence-corrected chi connectivity index (χ1v) is 11.8. The van der Waals surface area contributed by atoms with Crippen LogP contribution in [0.2, 0.25) is 0 Å². The third-order valence-electron chi connectivity index (χ3n) is 7.64. The van der Waals surface area contributed by atoms with Crippen LogP contribution in [0.3, 0.4) is 0 Å². The molecule has 2 aliphatic heterocycles. The Morgan fingerprint density at radius 1 is 0.931 bits per heavy atom. The summed E-state index contributed by atoms with van der Waals surface area (Å²) < 4.78 is 2.46. The SMILES string of the molecule is CN1CCC[C@H]1CN1CCn2cc(-c3ccccc3)nc2[C@@H]1CC1CCCCC1. The Bertz CT molecular complexity index is 792. The summed E-state index contributed by atoms with van der Waals surface area (Å²) in [7, 11) is 2.31. The highest BCUT2D eigenvalue weighted by Gasteiger charge is 2.35. The molecule has 2 atom stereocenters. The standard InChI is InChI=1S/C25H36N4/c1-27-14-8-13-22(27)18-28-15-16-29-19-23(21-11-6-3-7-12-21)26-25(29)24(28)17-20-9-4-2-5-10-20/h3,6-7,11-12,19-20,22,24H,2,4-5,8-10,13-18H2,1H3/t22-,24-/m0/s1. The topological polar surface area (TPSA) is 24.3 Å². The summed E-state index contributed by atoms with van der Waals surface area (Å²) in [5, 5.41) is 0. The number of benzene rings is 1. The Kier molecular flexibility index (Phi) is 5.74. The van der Waals surface area contributed by atoms with Gasteiger partial charge in [0.05, 0.1) is 11.7 Å². The average Bonchev–Trinajstić information content (AvgIpc) is 3.38. The van der Waals surface area contributed by atoms with E-state index in [9.17, 15) is 0 Å². The maximum atomic E-state index is 5.22. The molecular formula is C25H36N4. The fourth-order valence-electron chi connectivity index (χ4n) is 5.87. The van der Waals surface area contributed by atoms with E-state index in [-0.39, 0.29) is 0 Å². The van der Waals surface area contributed by atoms with Crippen LogP contribution in [0.25, 0.3) is 11.3 Å². The van der Waals surface area contributed by atoms with Gasteiger partial charge in [-0.15, -0.1) is 0 Å². The highest BCUT2D eigenvalue weighted by Crippen LogP contribution is 2.38. The minimum absolute atomic E-state index is 0.485. The number of fused-ring (bicyclic) bond motifs is 1. The van der Waals surface area contributed by atoms with Crippen molar-refractivity contribution in [3.8, 4) is 11.3 Å². The van der Waals surface area contributed by atoms with Crippen molar-refractivity contribution in [2.45, 2.75) is 70.0 Å². The monoisotopic (exact) mass is 392 g/mol. The van der Waals surface area contributed by atoms with Crippen molar-refractivity contribution in [1.29, 1.82) is 0 Å². The minimum atomic E-state index is 0.485. The zero-order valence-corrected chi connectivity index (χ0v) is 18.0. The van der Waals surface area contributed by atoms with E-state index >= 15 is 0 Å². The van der Waals surface area contributed by atoms with E-state index in [4.69, 9.17) is 4.98 Å². The number of imidazole rings is 1. The normalized spacial score (nSPS) is 26.7. The third-order valence-corrected chi connectivity index (χ3v) is 7.64. The van der Waals surface area contributed by atoms with Crippen molar-refractivity contribution >= 4 is 0 Å². The zero-order chi connectivity index (χ0) is 19.6. The summed E-state index contributed by atoms with van der Waals surface area (Å²) >= 11 is 0. The smallest absolute Gasteiger partial charge is 0.126 e. The lowest BCUT2D eigenvalue weighted by Gasteiger charge is -2.40. The van der Waals surface area contributed by atoms with Gasteiger partial charge in [0.25, 0.3) is 0 Å². The van der Waals surface area contributed by atoms with Crippen molar-refractivity contribution in [3.05, 3.63) is 42.4 Å². The van der Waals surface area contributed by atoms with Gasteiger partial charge >= 0.3 is 0 Å². The van der Waals surface area contributed by atoms with E-state index in [1.165, 1.54) is 82.4 Å². The maximum Gasteiger partial charge on any atom is 0.126 e. The molecule has 3 heterocycles. The van der Waals surface area contributed by atoms with Gasteiger partial charge in [-0.1, -0.05) is 62.4 Å². The highest BCUT2D eigenvalue weighted by molar-refractivity contribution is 5.58. The molecule has 29 heavy (non-hydrogen) atoms. The third kappa shape index (κ3) is 4.15. The largest absolute Gasteiger partial charge is 0.332 e. The predicted molar refractivity (Wildman–Crippen MR) is 119 cm³/mol. The van der Waals surface area contributed by atoms with Crippen LogP contribution in [0.5, 0.6) is 0 Å². The van der Waals surface area contributed by atoms with Gasteiger partial charge in [0.1, 0.15) is 5.82 Å². The van der Waals surface area contributed by atoms with Gasteiger partial charge in [-0.05, 0) is 38.8 Å². The number of aromatic nitrogens is 2. The van der Waals surface area contributed by atoms with Crippen LogP contribution in [0.15, 0.2) is 36.5 Å². The number of hydrogen-bond acceptors (Lipinski definition) is 3. The number of likely N-dealkylation sites (N-methyl/N-ethyl adjacent to an activating group) is 1. The summed E-state index contributed by atoms with van der Waals surface area (Å²) in [5.74, 6) is 2.20. The van der Waals surface area contributed by atoms with Crippen LogP contribution in [0.4, 0.5) is 0 Å². The van der Waals surface area contributed by atoms with Gasteiger partial charge in [-0.3, -0.25) is 4.90 Å². The Balaban J connectivity index is 1.42. The van der Waals surface area contributed by atoms with Crippen molar-refractivity contribution in [1.82, 2.24) is 19.4 Å². The molecule has 2 aromatic rings. The van der Waals surface area contributed by atoms with Crippen LogP contribution in [0, 0.1) is 5.92 Å². The fourth-order valence-corrected chi connectivity index (χ4v) is 5.87. The summed E-state index contributed by atoms with van der Waals surface area (Å²) in [6.45, 7) is 4.71. The van der Waals surface area contributed by atoms with E-state index in [0.717, 1.165) is 24.2 Å². The van der Waals surface area contributed by atoms with Crippen LogP contribution >= 0.6 is 0 Å². The molecule has 5 rings (SSSR count). The van der Waals surface area contributed by atoms with Crippen molar-refractivity contribution < 1.29 is 0 Å². The highest BCUT2D eigenvalue weighted by atomic mass is 15.3. The van der Waals surface area contributed by atoms with Gasteiger partial charge in [-0.25, -0.2) is 4.98 Å². The molecule has 1 saturated carbocycles. The van der Waals surface area contributed by atoms with Crippen LogP contribution in [0.1, 0.15) is 63.2 Å². The Hall–Kier alpha value is -1.65. The Morgan fingerprint density at radius 3 is 2.52 bits per heavy atom. The molecule has 1 aliphatic carbocycles. The lowest BCUT2D eigenvalue weighted by atomic mass is 9.84. The summed E-state index contributed by atoms with van der Waals surface area (Å²) in [6, 6.07) is 11.9. The molecule has 1 aromatic heterocycles. The Morgan fingerprint density at radius 2 is 1.76 bits per heavy atom. The maximum absolute atomic E-state index is 5.22. The molecule has 0 spiro atoms. The molecule has 0 unspecified atom stereocenters. The molecule has 4 nitrogen and oxygen atoms in total. The van der Waals surface area contributed by atoms with Crippen LogP contribution in [-0.2, 0) is 6.54 Å². The Labute approximate surface area is 175 Å². The summed E-state index contributed by atoms with van der Waals surface area (Å²) in [5.41, 5.74) is 2.39. The lowest BCUT2D eigenvalue weighted by molar-refractivity contribution is 0.0922. The molecule has 0 bridgehead atoms. The lowest BCUT2D eigenvalue weighted by Crippen LogP contribution is -2.45. The van der Waals surface area contributed by atoms with Crippen LogP contribution in [-0.4, -0.2) is 52.1 Å². The predicted octanol–water partition coefficient (Wildman–Crippen LogP) is 4.97. The van der Waals surface area contributed by atoms with Gasteiger partial charge < -0.3 is 9.47 Å². The molecule has 0 radical (unpaired) electrons. The molecule has 0 N–H and O–H groups in total. The molecule has 156 valence electrons. The molecule has 1 aromatic carbocycles. The second kappa shape index (κ2) is 8.61. The van der Waals surface area contributed by atoms with E-state index in [1.807, 2.05) is 0 Å². The number of hydrogen-bond donors (Lipinski definition) is 0. The molecule has 2 fully saturated rings. The van der Waals surface area contributed by atoms with Crippen molar-refractivity contribution in [2.24, 2.45) is 5.92 Å². The minimum Gasteiger partial charge on any atom is -0.332 e. The first-order valence-electron chi connectivity index (χ1n) is 11.8. The van der Waals surface area contributed by atoms with Gasteiger partial charge in [-0.2, -0.15) is 0 Å². The van der Waals surface area contributed by atoms with Gasteiger partial charge in [0, 0.05) is 37.4 Å². The van der Waals surface area contributed by atoms with E-state index in [0.29, 0.717) is 6.04 Å². The van der Waals surface area contributed by atoms with E-state index in [1.54, 1.807) is 0 Å². The molecule has 4 heteroatoms. The summed E-state index contributed by atoms with van der Waals surface area (Å²) in [4.78, 5) is 10.6. The van der Waals surface area contributed by atoms with Crippen LogP contribution < -0.4 is 0 Å². The number of likely N-dealkylation sites (tertiary alicyclic amines) is 1. The molecule has 0 amide bonds. The average molecular weight is 393 g/mol. The number of rotatable bonds is 5. The fraction of sp³-hybridized carbons (Fsp3) is 0.640. The first kappa shape index (κ1) is 19.3. The zero-order valence-electron chi connectivity index (χ0n) is 18.0. The van der Waals surface area contributed by atoms with E-state index in [2.05, 4.69) is 57.9 Å². The van der Waals surface area contributed by atoms with Gasteiger partial charge in [0.2, 0.25) is 0 Å². The molecular weight excluding hydrogens is 356 g/mol. The van der Waals surface area contributed by atoms with Crippen molar-refractivity contribution in [3.63, 3.8) is 0 Å².